The van der Waals surface area contributed by atoms with Crippen molar-refractivity contribution < 1.29 is 40.6 Å². The zero-order chi connectivity index (χ0) is 27.7. The summed E-state index contributed by atoms with van der Waals surface area (Å²) < 4.78 is 93.9. The van der Waals surface area contributed by atoms with Crippen molar-refractivity contribution >= 4 is 35.0 Å². The van der Waals surface area contributed by atoms with Gasteiger partial charge >= 0.3 is 0 Å². The first-order valence-electron chi connectivity index (χ1n) is 11.0. The Kier molecular flexibility index (Phi) is 7.68. The summed E-state index contributed by atoms with van der Waals surface area (Å²) in [6.07, 6.45) is 1.27. The van der Waals surface area contributed by atoms with Gasteiger partial charge in [-0.3, -0.25) is 4.79 Å². The summed E-state index contributed by atoms with van der Waals surface area (Å²) in [7, 11) is 0. The van der Waals surface area contributed by atoms with Crippen LogP contribution in [-0.2, 0) is 11.4 Å². The van der Waals surface area contributed by atoms with E-state index in [1.54, 1.807) is 6.92 Å². The van der Waals surface area contributed by atoms with E-state index in [1.807, 2.05) is 0 Å². The molecule has 1 aliphatic rings. The third-order valence-corrected chi connectivity index (χ3v) is 5.68. The third-order valence-electron chi connectivity index (χ3n) is 5.40. The molecule has 0 aromatic heterocycles. The van der Waals surface area contributed by atoms with Crippen LogP contribution in [0.25, 0.3) is 6.08 Å². The molecule has 0 N–H and O–H groups in total. The number of carbonyl (C=O) groups excluding carboxylic acids is 1. The number of hydrogen-bond acceptors (Lipinski definition) is 4. The zero-order valence-corrected chi connectivity index (χ0v) is 20.5. The Hall–Kier alpha value is -3.99. The Bertz CT molecular complexity index is 1460. The molecule has 12 heteroatoms. The van der Waals surface area contributed by atoms with Crippen LogP contribution in [0.3, 0.4) is 0 Å². The lowest BCUT2D eigenvalue weighted by atomic mass is 10.1. The van der Waals surface area contributed by atoms with Crippen LogP contribution in [0.1, 0.15) is 25.0 Å². The van der Waals surface area contributed by atoms with Gasteiger partial charge in [0.25, 0.3) is 5.91 Å². The molecule has 0 bridgehead atoms. The Labute approximate surface area is 217 Å². The van der Waals surface area contributed by atoms with E-state index in [2.05, 4.69) is 5.10 Å². The summed E-state index contributed by atoms with van der Waals surface area (Å²) in [6, 6.07) is 8.51. The van der Waals surface area contributed by atoms with E-state index < -0.39 is 46.5 Å². The molecule has 4 rings (SSSR count). The second kappa shape index (κ2) is 10.8. The van der Waals surface area contributed by atoms with E-state index in [1.165, 1.54) is 49.4 Å². The number of anilines is 1. The fourth-order valence-electron chi connectivity index (χ4n) is 3.59. The smallest absolute Gasteiger partial charge is 0.280 e. The van der Waals surface area contributed by atoms with E-state index in [4.69, 9.17) is 21.1 Å². The summed E-state index contributed by atoms with van der Waals surface area (Å²) in [6.45, 7) is 3.29. The maximum Gasteiger partial charge on any atom is 0.280 e. The van der Waals surface area contributed by atoms with Gasteiger partial charge in [0, 0.05) is 0 Å². The van der Waals surface area contributed by atoms with Crippen molar-refractivity contribution in [1.82, 2.24) is 0 Å². The number of amides is 1. The third kappa shape index (κ3) is 5.06. The molecule has 3 aromatic carbocycles. The quantitative estimate of drug-likeness (QED) is 0.137. The lowest BCUT2D eigenvalue weighted by molar-refractivity contribution is -0.114. The summed E-state index contributed by atoms with van der Waals surface area (Å²) in [5.74, 6) is -12.3. The van der Waals surface area contributed by atoms with E-state index in [9.17, 15) is 31.1 Å². The fraction of sp³-hybridized carbons (Fsp3) is 0.154. The first kappa shape index (κ1) is 27.1. The van der Waals surface area contributed by atoms with E-state index in [0.29, 0.717) is 11.1 Å². The molecular weight excluding hydrogens is 538 g/mol. The van der Waals surface area contributed by atoms with Crippen molar-refractivity contribution in [2.75, 3.05) is 11.6 Å². The Morgan fingerprint density at radius 3 is 2.13 bits per heavy atom. The van der Waals surface area contributed by atoms with Gasteiger partial charge in [-0.15, -0.1) is 0 Å². The normalized spacial score (nSPS) is 14.3. The highest BCUT2D eigenvalue weighted by Crippen LogP contribution is 2.39. The first-order chi connectivity index (χ1) is 18.0. The molecule has 0 aliphatic carbocycles. The highest BCUT2D eigenvalue weighted by Gasteiger charge is 2.37. The van der Waals surface area contributed by atoms with Crippen LogP contribution in [0.15, 0.2) is 47.1 Å². The van der Waals surface area contributed by atoms with Crippen molar-refractivity contribution in [1.29, 1.82) is 0 Å². The van der Waals surface area contributed by atoms with Crippen LogP contribution in [-0.4, -0.2) is 18.2 Å². The van der Waals surface area contributed by atoms with Crippen LogP contribution >= 0.6 is 11.6 Å². The summed E-state index contributed by atoms with van der Waals surface area (Å²) in [5.41, 5.74) is -0.777. The lowest BCUT2D eigenvalue weighted by Crippen LogP contribution is -2.25. The minimum Gasteiger partial charge on any atom is -0.490 e. The largest absolute Gasteiger partial charge is 0.490 e. The fourth-order valence-corrected chi connectivity index (χ4v) is 3.87. The lowest BCUT2D eigenvalue weighted by Gasteiger charge is -2.15. The molecule has 0 atom stereocenters. The number of rotatable bonds is 7. The van der Waals surface area contributed by atoms with Crippen LogP contribution < -0.4 is 14.5 Å². The number of hydrogen-bond donors (Lipinski definition) is 0. The van der Waals surface area contributed by atoms with Crippen LogP contribution in [0.4, 0.5) is 32.0 Å². The van der Waals surface area contributed by atoms with Gasteiger partial charge in [0.15, 0.2) is 34.8 Å². The second-order valence-corrected chi connectivity index (χ2v) is 8.36. The van der Waals surface area contributed by atoms with Crippen molar-refractivity contribution in [3.63, 3.8) is 0 Å². The SMILES string of the molecule is CCOc1cc(/C=C2/C(=O)N(c3c(F)c(F)c(F)c(F)c3F)N=C2C)cc(Cl)c1OCc1ccc(F)cc1. The molecule has 1 aliphatic heterocycles. The highest BCUT2D eigenvalue weighted by molar-refractivity contribution is 6.33. The average Bonchev–Trinajstić information content (AvgIpc) is 3.15. The van der Waals surface area contributed by atoms with Gasteiger partial charge in [0.2, 0.25) is 5.82 Å². The minimum atomic E-state index is -2.35. The van der Waals surface area contributed by atoms with Gasteiger partial charge < -0.3 is 9.47 Å². The molecule has 0 unspecified atom stereocenters. The summed E-state index contributed by atoms with van der Waals surface area (Å²) in [5, 5.41) is 3.90. The van der Waals surface area contributed by atoms with Gasteiger partial charge in [-0.1, -0.05) is 23.7 Å². The van der Waals surface area contributed by atoms with Crippen LogP contribution in [0, 0.1) is 34.9 Å². The van der Waals surface area contributed by atoms with Crippen LogP contribution in [0.5, 0.6) is 11.5 Å². The Balaban J connectivity index is 1.67. The average molecular weight is 555 g/mol. The van der Waals surface area contributed by atoms with Crippen molar-refractivity contribution in [2.24, 2.45) is 5.10 Å². The van der Waals surface area contributed by atoms with E-state index in [0.717, 1.165) is 0 Å². The molecule has 0 radical (unpaired) electrons. The topological polar surface area (TPSA) is 51.1 Å². The minimum absolute atomic E-state index is 0.0433. The van der Waals surface area contributed by atoms with Crippen LogP contribution in [0.2, 0.25) is 5.02 Å². The van der Waals surface area contributed by atoms with E-state index in [-0.39, 0.29) is 46.0 Å². The molecule has 5 nitrogen and oxygen atoms in total. The number of benzene rings is 3. The summed E-state index contributed by atoms with van der Waals surface area (Å²) in [4.78, 5) is 12.9. The molecule has 1 heterocycles. The molecule has 0 spiro atoms. The van der Waals surface area contributed by atoms with Crippen molar-refractivity contribution in [3.8, 4) is 11.5 Å². The molecule has 3 aromatic rings. The molecule has 0 saturated carbocycles. The molecule has 38 heavy (non-hydrogen) atoms. The highest BCUT2D eigenvalue weighted by atomic mass is 35.5. The molecule has 1 amide bonds. The molecule has 198 valence electrons. The standard InChI is InChI=1S/C26H17ClF6N2O3/c1-3-37-18-10-14(9-17(27)25(18)38-11-13-4-6-15(28)7-5-13)8-16-12(2)34-35(26(16)36)24-22(32)20(30)19(29)21(31)23(24)33/h4-10H,3,11H2,1-2H3/b16-8+. The molecule has 0 fully saturated rings. The van der Waals surface area contributed by atoms with Crippen molar-refractivity contribution in [2.45, 2.75) is 20.5 Å². The summed E-state index contributed by atoms with van der Waals surface area (Å²) >= 11 is 6.40. The zero-order valence-electron chi connectivity index (χ0n) is 19.7. The predicted octanol–water partition coefficient (Wildman–Crippen LogP) is 6.96. The van der Waals surface area contributed by atoms with Gasteiger partial charge in [-0.2, -0.15) is 10.1 Å². The van der Waals surface area contributed by atoms with Gasteiger partial charge in [-0.25, -0.2) is 26.3 Å². The number of hydrazone groups is 1. The molecule has 0 saturated heterocycles. The number of halogens is 7. The van der Waals surface area contributed by atoms with Gasteiger partial charge in [0.05, 0.1) is 22.9 Å². The number of nitrogens with zero attached hydrogens (tertiary/aromatic N) is 2. The predicted molar refractivity (Wildman–Crippen MR) is 128 cm³/mol. The maximum absolute atomic E-state index is 14.3. The Morgan fingerprint density at radius 2 is 1.53 bits per heavy atom. The number of ether oxygens (including phenoxy) is 2. The monoisotopic (exact) mass is 554 g/mol. The second-order valence-electron chi connectivity index (χ2n) is 7.96. The van der Waals surface area contributed by atoms with Gasteiger partial charge in [-0.05, 0) is 55.3 Å². The number of carbonyl (C=O) groups is 1. The van der Waals surface area contributed by atoms with Crippen molar-refractivity contribution in [3.05, 3.63) is 93.0 Å². The Morgan fingerprint density at radius 1 is 0.921 bits per heavy atom. The first-order valence-corrected chi connectivity index (χ1v) is 11.4. The van der Waals surface area contributed by atoms with Gasteiger partial charge in [0.1, 0.15) is 18.1 Å². The van der Waals surface area contributed by atoms with E-state index >= 15 is 0 Å². The maximum atomic E-state index is 14.3. The molecular formula is C26H17ClF6N2O3.